The molecular weight excluding hydrogens is 248 g/mol. The topological polar surface area (TPSA) is 57.6 Å². The zero-order valence-electron chi connectivity index (χ0n) is 10.1. The van der Waals surface area contributed by atoms with E-state index in [2.05, 4.69) is 15.5 Å². The summed E-state index contributed by atoms with van der Waals surface area (Å²) in [6, 6.07) is 5.60. The summed E-state index contributed by atoms with van der Waals surface area (Å²) in [5.74, 6) is 0.0539. The van der Waals surface area contributed by atoms with Crippen molar-refractivity contribution in [1.29, 1.82) is 0 Å². The van der Waals surface area contributed by atoms with E-state index in [4.69, 9.17) is 12.2 Å². The number of carbonyl (C=O) groups excluding carboxylic acids is 1. The Morgan fingerprint density at radius 3 is 3.00 bits per heavy atom. The molecule has 1 amide bonds. The molecule has 0 unspecified atom stereocenters. The smallest absolute Gasteiger partial charge is 0.228 e. The average molecular weight is 262 g/mol. The normalized spacial score (nSPS) is 15.9. The van der Waals surface area contributed by atoms with E-state index in [9.17, 15) is 4.79 Å². The quantitative estimate of drug-likeness (QED) is 0.496. The Kier molecular flexibility index (Phi) is 3.99. The second-order valence-corrected chi connectivity index (χ2v) is 4.36. The first kappa shape index (κ1) is 12.6. The zero-order valence-corrected chi connectivity index (χ0v) is 10.9. The third kappa shape index (κ3) is 2.89. The number of amides is 1. The van der Waals surface area contributed by atoms with E-state index in [0.717, 1.165) is 17.8 Å². The van der Waals surface area contributed by atoms with Crippen LogP contribution < -0.4 is 5.43 Å². The third-order valence-corrected chi connectivity index (χ3v) is 2.99. The SMILES string of the molecule is CC(=NNC(=S)N1CCCC1=O)c1ccccn1. The Labute approximate surface area is 111 Å². The lowest BCUT2D eigenvalue weighted by atomic mass is 10.3. The van der Waals surface area contributed by atoms with Gasteiger partial charge in [-0.25, -0.2) is 0 Å². The maximum atomic E-state index is 11.5. The van der Waals surface area contributed by atoms with Gasteiger partial charge in [0, 0.05) is 19.2 Å². The van der Waals surface area contributed by atoms with Gasteiger partial charge in [0.05, 0.1) is 11.4 Å². The van der Waals surface area contributed by atoms with Crippen LogP contribution in [-0.4, -0.2) is 33.2 Å². The highest BCUT2D eigenvalue weighted by atomic mass is 32.1. The fraction of sp³-hybridized carbons (Fsp3) is 0.333. The molecule has 0 aromatic carbocycles. The van der Waals surface area contributed by atoms with Crippen molar-refractivity contribution < 1.29 is 4.79 Å². The lowest BCUT2D eigenvalue weighted by Crippen LogP contribution is -2.38. The molecule has 0 bridgehead atoms. The van der Waals surface area contributed by atoms with Crippen molar-refractivity contribution in [3.63, 3.8) is 0 Å². The monoisotopic (exact) mass is 262 g/mol. The first-order valence-electron chi connectivity index (χ1n) is 5.74. The van der Waals surface area contributed by atoms with Crippen molar-refractivity contribution in [2.24, 2.45) is 5.10 Å². The Bertz CT molecular complexity index is 486. The molecule has 1 aromatic heterocycles. The molecule has 5 nitrogen and oxygen atoms in total. The summed E-state index contributed by atoms with van der Waals surface area (Å²) in [5.41, 5.74) is 4.24. The van der Waals surface area contributed by atoms with Crippen LogP contribution >= 0.6 is 12.2 Å². The molecule has 0 aliphatic carbocycles. The molecule has 0 saturated carbocycles. The number of hydrogen-bond acceptors (Lipinski definition) is 4. The summed E-state index contributed by atoms with van der Waals surface area (Å²) in [6.45, 7) is 2.51. The number of pyridine rings is 1. The van der Waals surface area contributed by atoms with Gasteiger partial charge in [0.2, 0.25) is 5.91 Å². The minimum Gasteiger partial charge on any atom is -0.288 e. The number of nitrogens with zero attached hydrogens (tertiary/aromatic N) is 3. The predicted molar refractivity (Wildman–Crippen MR) is 73.1 cm³/mol. The molecule has 1 fully saturated rings. The fourth-order valence-corrected chi connectivity index (χ4v) is 1.93. The second-order valence-electron chi connectivity index (χ2n) is 3.98. The maximum absolute atomic E-state index is 11.5. The van der Waals surface area contributed by atoms with Crippen molar-refractivity contribution in [2.45, 2.75) is 19.8 Å². The van der Waals surface area contributed by atoms with Crippen LogP contribution in [-0.2, 0) is 4.79 Å². The number of carbonyl (C=O) groups is 1. The lowest BCUT2D eigenvalue weighted by molar-refractivity contribution is -0.124. The summed E-state index contributed by atoms with van der Waals surface area (Å²) in [4.78, 5) is 17.2. The molecule has 2 heterocycles. The van der Waals surface area contributed by atoms with E-state index in [1.54, 1.807) is 11.1 Å². The first-order valence-corrected chi connectivity index (χ1v) is 6.15. The molecule has 2 rings (SSSR count). The molecule has 0 atom stereocenters. The van der Waals surface area contributed by atoms with Gasteiger partial charge in [-0.2, -0.15) is 5.10 Å². The molecule has 1 saturated heterocycles. The van der Waals surface area contributed by atoms with E-state index in [1.165, 1.54) is 0 Å². The molecule has 0 radical (unpaired) electrons. The molecule has 1 aromatic rings. The third-order valence-electron chi connectivity index (χ3n) is 2.67. The Balaban J connectivity index is 1.98. The largest absolute Gasteiger partial charge is 0.288 e. The number of nitrogens with one attached hydrogen (secondary N) is 1. The molecule has 6 heteroatoms. The van der Waals surface area contributed by atoms with Crippen LogP contribution in [0.5, 0.6) is 0 Å². The van der Waals surface area contributed by atoms with Crippen LogP contribution in [0.1, 0.15) is 25.5 Å². The second kappa shape index (κ2) is 5.68. The molecule has 94 valence electrons. The number of likely N-dealkylation sites (tertiary alicyclic amines) is 1. The Morgan fingerprint density at radius 2 is 2.39 bits per heavy atom. The van der Waals surface area contributed by atoms with Gasteiger partial charge < -0.3 is 0 Å². The van der Waals surface area contributed by atoms with Gasteiger partial charge in [0.25, 0.3) is 0 Å². The summed E-state index contributed by atoms with van der Waals surface area (Å²) >= 11 is 5.13. The average Bonchev–Trinajstić information content (AvgIpc) is 2.83. The van der Waals surface area contributed by atoms with E-state index in [0.29, 0.717) is 18.1 Å². The van der Waals surface area contributed by atoms with Gasteiger partial charge in [-0.15, -0.1) is 0 Å². The van der Waals surface area contributed by atoms with Crippen LogP contribution in [0.4, 0.5) is 0 Å². The highest BCUT2D eigenvalue weighted by Gasteiger charge is 2.23. The van der Waals surface area contributed by atoms with Crippen LogP contribution in [0.2, 0.25) is 0 Å². The molecule has 1 aliphatic heterocycles. The lowest BCUT2D eigenvalue weighted by Gasteiger charge is -2.15. The zero-order chi connectivity index (χ0) is 13.0. The number of aromatic nitrogens is 1. The van der Waals surface area contributed by atoms with Crippen molar-refractivity contribution in [1.82, 2.24) is 15.3 Å². The van der Waals surface area contributed by atoms with Crippen molar-refractivity contribution in [2.75, 3.05) is 6.54 Å². The number of thiocarbonyl (C=S) groups is 1. The minimum absolute atomic E-state index is 0.0539. The number of rotatable bonds is 2. The van der Waals surface area contributed by atoms with Gasteiger partial charge >= 0.3 is 0 Å². The number of hydrogen-bond donors (Lipinski definition) is 1. The Morgan fingerprint density at radius 1 is 1.56 bits per heavy atom. The molecule has 18 heavy (non-hydrogen) atoms. The summed E-state index contributed by atoms with van der Waals surface area (Å²) in [5, 5.41) is 4.50. The van der Waals surface area contributed by atoms with Crippen molar-refractivity contribution >= 4 is 28.9 Å². The van der Waals surface area contributed by atoms with Gasteiger partial charge in [0.15, 0.2) is 5.11 Å². The number of hydrazone groups is 1. The Hall–Kier alpha value is -1.82. The van der Waals surface area contributed by atoms with Crippen molar-refractivity contribution in [3.05, 3.63) is 30.1 Å². The van der Waals surface area contributed by atoms with Gasteiger partial charge in [-0.05, 0) is 37.7 Å². The minimum atomic E-state index is 0.0539. The molecule has 1 N–H and O–H groups in total. The summed E-state index contributed by atoms with van der Waals surface area (Å²) < 4.78 is 0. The summed E-state index contributed by atoms with van der Waals surface area (Å²) in [7, 11) is 0. The highest BCUT2D eigenvalue weighted by molar-refractivity contribution is 7.80. The van der Waals surface area contributed by atoms with Gasteiger partial charge in [-0.1, -0.05) is 6.07 Å². The van der Waals surface area contributed by atoms with Gasteiger partial charge in [0.1, 0.15) is 0 Å². The van der Waals surface area contributed by atoms with Crippen LogP contribution in [0.15, 0.2) is 29.5 Å². The van der Waals surface area contributed by atoms with E-state index in [1.807, 2.05) is 25.1 Å². The van der Waals surface area contributed by atoms with Gasteiger partial charge in [-0.3, -0.25) is 20.1 Å². The van der Waals surface area contributed by atoms with E-state index >= 15 is 0 Å². The predicted octanol–water partition coefficient (Wildman–Crippen LogP) is 1.30. The van der Waals surface area contributed by atoms with Crippen LogP contribution in [0.3, 0.4) is 0 Å². The van der Waals surface area contributed by atoms with E-state index < -0.39 is 0 Å². The molecule has 0 spiro atoms. The van der Waals surface area contributed by atoms with E-state index in [-0.39, 0.29) is 5.91 Å². The van der Waals surface area contributed by atoms with Crippen molar-refractivity contribution in [3.8, 4) is 0 Å². The first-order chi connectivity index (χ1) is 8.68. The van der Waals surface area contributed by atoms with Crippen LogP contribution in [0.25, 0.3) is 0 Å². The molecular formula is C12H14N4OS. The fourth-order valence-electron chi connectivity index (χ4n) is 1.69. The standard InChI is InChI=1S/C12H14N4OS/c1-9(10-5-2-3-7-13-10)14-15-12(18)16-8-4-6-11(16)17/h2-3,5,7H,4,6,8H2,1H3,(H,15,18). The summed E-state index contributed by atoms with van der Waals surface area (Å²) in [6.07, 6.45) is 3.12. The van der Waals surface area contributed by atoms with Crippen LogP contribution in [0, 0.1) is 0 Å². The molecule has 1 aliphatic rings. The highest BCUT2D eigenvalue weighted by Crippen LogP contribution is 2.09. The maximum Gasteiger partial charge on any atom is 0.228 e.